The van der Waals surface area contributed by atoms with E-state index >= 15 is 0 Å². The molecule has 0 aliphatic carbocycles. The van der Waals surface area contributed by atoms with Crippen LogP contribution in [0.3, 0.4) is 0 Å². The Morgan fingerprint density at radius 2 is 2.00 bits per heavy atom. The van der Waals surface area contributed by atoms with E-state index in [2.05, 4.69) is 41.8 Å². The average Bonchev–Trinajstić information content (AvgIpc) is 3.22. The molecule has 1 fully saturated rings. The quantitative estimate of drug-likeness (QED) is 0.753. The summed E-state index contributed by atoms with van der Waals surface area (Å²) in [7, 11) is 3.63. The number of carbonyl (C=O) groups excluding carboxylic acids is 2. The Morgan fingerprint density at radius 1 is 1.21 bits per heavy atom. The van der Waals surface area contributed by atoms with Crippen LogP contribution >= 0.6 is 11.3 Å². The van der Waals surface area contributed by atoms with Gasteiger partial charge in [0.2, 0.25) is 11.8 Å². The van der Waals surface area contributed by atoms with Crippen LogP contribution in [0, 0.1) is 11.3 Å². The van der Waals surface area contributed by atoms with Crippen molar-refractivity contribution in [3.63, 3.8) is 0 Å². The molecule has 1 saturated heterocycles. The van der Waals surface area contributed by atoms with Crippen LogP contribution in [-0.4, -0.2) is 48.8 Å². The minimum atomic E-state index is -0.555. The van der Waals surface area contributed by atoms with Crippen LogP contribution in [0.4, 0.5) is 0 Å². The van der Waals surface area contributed by atoms with Gasteiger partial charge in [0.15, 0.2) is 0 Å². The Morgan fingerprint density at radius 3 is 2.64 bits per heavy atom. The average molecular weight is 399 g/mol. The summed E-state index contributed by atoms with van der Waals surface area (Å²) in [5, 5.41) is 2.08. The van der Waals surface area contributed by atoms with Gasteiger partial charge in [0.25, 0.3) is 0 Å². The maximum atomic E-state index is 13.3. The lowest BCUT2D eigenvalue weighted by Gasteiger charge is -2.43. The summed E-state index contributed by atoms with van der Waals surface area (Å²) in [6.45, 7) is 5.10. The molecule has 150 valence electrons. The van der Waals surface area contributed by atoms with Crippen LogP contribution in [0.15, 0.2) is 41.8 Å². The number of rotatable bonds is 5. The third-order valence-corrected chi connectivity index (χ3v) is 6.44. The smallest absolute Gasteiger partial charge is 0.230 e. The molecule has 1 aliphatic rings. The number of benzene rings is 1. The van der Waals surface area contributed by atoms with Gasteiger partial charge in [-0.2, -0.15) is 0 Å². The molecule has 0 bridgehead atoms. The highest BCUT2D eigenvalue weighted by Crippen LogP contribution is 2.37. The van der Waals surface area contributed by atoms with Crippen molar-refractivity contribution in [1.29, 1.82) is 0 Å². The zero-order valence-electron chi connectivity index (χ0n) is 17.3. The molecule has 1 aromatic heterocycles. The maximum absolute atomic E-state index is 13.3. The van der Waals surface area contributed by atoms with Gasteiger partial charge in [-0.25, -0.2) is 0 Å². The van der Waals surface area contributed by atoms with Crippen LogP contribution in [-0.2, 0) is 16.0 Å². The number of piperidine rings is 1. The highest BCUT2D eigenvalue weighted by atomic mass is 32.1. The first kappa shape index (κ1) is 20.6. The molecule has 1 unspecified atom stereocenters. The largest absolute Gasteiger partial charge is 0.348 e. The molecule has 3 rings (SSSR count). The Balaban J connectivity index is 1.92. The van der Waals surface area contributed by atoms with Crippen molar-refractivity contribution in [2.45, 2.75) is 33.1 Å². The SMILES string of the molecule is CC(C)C(=O)N1CCCC(Cc2cccc(-c3cccs3)c2)(C(=O)N(C)C)C1. The van der Waals surface area contributed by atoms with E-state index in [1.165, 1.54) is 10.4 Å². The molecule has 0 N–H and O–H groups in total. The molecule has 1 atom stereocenters. The highest BCUT2D eigenvalue weighted by molar-refractivity contribution is 7.13. The van der Waals surface area contributed by atoms with Crippen molar-refractivity contribution in [2.75, 3.05) is 27.2 Å². The topological polar surface area (TPSA) is 40.6 Å². The summed E-state index contributed by atoms with van der Waals surface area (Å²) in [6.07, 6.45) is 2.34. The van der Waals surface area contributed by atoms with E-state index < -0.39 is 5.41 Å². The van der Waals surface area contributed by atoms with Crippen molar-refractivity contribution < 1.29 is 9.59 Å². The normalized spacial score (nSPS) is 19.7. The van der Waals surface area contributed by atoms with Crippen molar-refractivity contribution in [3.05, 3.63) is 47.3 Å². The van der Waals surface area contributed by atoms with Gasteiger partial charge in [0, 0.05) is 38.0 Å². The number of hydrogen-bond donors (Lipinski definition) is 0. The molecule has 0 radical (unpaired) electrons. The third kappa shape index (κ3) is 4.30. The first-order valence-electron chi connectivity index (χ1n) is 9.96. The number of thiophene rings is 1. The first-order valence-corrected chi connectivity index (χ1v) is 10.8. The minimum absolute atomic E-state index is 0.0487. The van der Waals surface area contributed by atoms with Gasteiger partial charge in [0.1, 0.15) is 0 Å². The zero-order chi connectivity index (χ0) is 20.3. The van der Waals surface area contributed by atoms with Gasteiger partial charge in [0.05, 0.1) is 5.41 Å². The van der Waals surface area contributed by atoms with E-state index in [9.17, 15) is 9.59 Å². The van der Waals surface area contributed by atoms with E-state index in [4.69, 9.17) is 0 Å². The van der Waals surface area contributed by atoms with Crippen LogP contribution in [0.25, 0.3) is 10.4 Å². The molecule has 0 spiro atoms. The van der Waals surface area contributed by atoms with Crippen LogP contribution in [0.2, 0.25) is 0 Å². The summed E-state index contributed by atoms with van der Waals surface area (Å²) in [6, 6.07) is 12.7. The molecule has 2 aromatic rings. The maximum Gasteiger partial charge on any atom is 0.230 e. The van der Waals surface area contributed by atoms with E-state index in [1.807, 2.05) is 32.8 Å². The lowest BCUT2D eigenvalue weighted by atomic mass is 9.73. The number of hydrogen-bond acceptors (Lipinski definition) is 3. The zero-order valence-corrected chi connectivity index (χ0v) is 18.1. The molecule has 0 saturated carbocycles. The number of carbonyl (C=O) groups is 2. The number of nitrogens with zero attached hydrogens (tertiary/aromatic N) is 2. The van der Waals surface area contributed by atoms with Gasteiger partial charge in [-0.05, 0) is 41.8 Å². The van der Waals surface area contributed by atoms with Gasteiger partial charge in [-0.3, -0.25) is 9.59 Å². The Hall–Kier alpha value is -2.14. The van der Waals surface area contributed by atoms with Gasteiger partial charge >= 0.3 is 0 Å². The second-order valence-corrected chi connectivity index (χ2v) is 9.30. The van der Waals surface area contributed by atoms with Crippen LogP contribution in [0.1, 0.15) is 32.3 Å². The number of likely N-dealkylation sites (tertiary alicyclic amines) is 1. The van der Waals surface area contributed by atoms with Crippen LogP contribution < -0.4 is 0 Å². The first-order chi connectivity index (χ1) is 13.3. The second kappa shape index (κ2) is 8.48. The fourth-order valence-electron chi connectivity index (χ4n) is 4.22. The number of amides is 2. The van der Waals surface area contributed by atoms with Gasteiger partial charge in [-0.1, -0.05) is 44.2 Å². The second-order valence-electron chi connectivity index (χ2n) is 8.35. The molecule has 2 heterocycles. The Kier molecular flexibility index (Phi) is 6.23. The van der Waals surface area contributed by atoms with E-state index in [1.54, 1.807) is 16.2 Å². The van der Waals surface area contributed by atoms with Gasteiger partial charge in [-0.15, -0.1) is 11.3 Å². The molecule has 1 aromatic carbocycles. The summed E-state index contributed by atoms with van der Waals surface area (Å²) < 4.78 is 0. The summed E-state index contributed by atoms with van der Waals surface area (Å²) in [4.78, 5) is 30.7. The molecule has 28 heavy (non-hydrogen) atoms. The minimum Gasteiger partial charge on any atom is -0.348 e. The lowest BCUT2D eigenvalue weighted by molar-refractivity contribution is -0.148. The molecule has 4 nitrogen and oxygen atoms in total. The lowest BCUT2D eigenvalue weighted by Crippen LogP contribution is -2.54. The highest BCUT2D eigenvalue weighted by Gasteiger charge is 2.44. The summed E-state index contributed by atoms with van der Waals surface area (Å²) in [5.41, 5.74) is 1.78. The fourth-order valence-corrected chi connectivity index (χ4v) is 4.95. The van der Waals surface area contributed by atoms with Crippen molar-refractivity contribution >= 4 is 23.2 Å². The standard InChI is InChI=1S/C23H30N2O2S/c1-17(2)21(26)25-12-7-11-23(16-25,22(27)24(3)4)15-18-8-5-9-19(14-18)20-10-6-13-28-20/h5-6,8-10,13-14,17H,7,11-12,15-16H2,1-4H3. The van der Waals surface area contributed by atoms with Crippen LogP contribution in [0.5, 0.6) is 0 Å². The van der Waals surface area contributed by atoms with E-state index in [0.29, 0.717) is 13.0 Å². The summed E-state index contributed by atoms with van der Waals surface area (Å²) in [5.74, 6) is 0.214. The Bertz CT molecular complexity index is 829. The van der Waals surface area contributed by atoms with Gasteiger partial charge < -0.3 is 9.80 Å². The predicted octanol–water partition coefficient (Wildman–Crippen LogP) is 4.31. The van der Waals surface area contributed by atoms with Crippen molar-refractivity contribution in [3.8, 4) is 10.4 Å². The van der Waals surface area contributed by atoms with E-state index in [0.717, 1.165) is 24.9 Å². The Labute approximate surface area is 172 Å². The molecular weight excluding hydrogens is 368 g/mol. The van der Waals surface area contributed by atoms with Crippen molar-refractivity contribution in [1.82, 2.24) is 9.80 Å². The monoisotopic (exact) mass is 398 g/mol. The van der Waals surface area contributed by atoms with Crippen molar-refractivity contribution in [2.24, 2.45) is 11.3 Å². The molecule has 1 aliphatic heterocycles. The molecular formula is C23H30N2O2S. The molecule has 2 amide bonds. The summed E-state index contributed by atoms with van der Waals surface area (Å²) >= 11 is 1.72. The fraction of sp³-hybridized carbons (Fsp3) is 0.478. The molecule has 5 heteroatoms. The van der Waals surface area contributed by atoms with E-state index in [-0.39, 0.29) is 17.7 Å². The predicted molar refractivity (Wildman–Crippen MR) is 115 cm³/mol. The third-order valence-electron chi connectivity index (χ3n) is 5.52.